The summed E-state index contributed by atoms with van der Waals surface area (Å²) in [6, 6.07) is 5.46. The Morgan fingerprint density at radius 1 is 1.31 bits per heavy atom. The van der Waals surface area contributed by atoms with E-state index in [4.69, 9.17) is 15.3 Å². The molecule has 0 amide bonds. The zero-order chi connectivity index (χ0) is 11.1. The maximum absolute atomic E-state index is 9.03. The molecule has 3 rings (SSSR count). The lowest BCUT2D eigenvalue weighted by molar-refractivity contribution is 0.282. The zero-order valence-corrected chi connectivity index (χ0v) is 8.34. The molecular weight excluding hydrogens is 206 g/mol. The van der Waals surface area contributed by atoms with Gasteiger partial charge in [-0.15, -0.1) is 0 Å². The van der Waals surface area contributed by atoms with Crippen molar-refractivity contribution >= 4 is 27.9 Å². The fourth-order valence-corrected chi connectivity index (χ4v) is 1.73. The molecule has 2 heterocycles. The van der Waals surface area contributed by atoms with Crippen LogP contribution in [0, 0.1) is 0 Å². The Kier molecular flexibility index (Phi) is 1.81. The number of aliphatic hydroxyl groups excluding tert-OH is 1. The topological polar surface area (TPSA) is 85.2 Å². The van der Waals surface area contributed by atoms with Gasteiger partial charge in [-0.2, -0.15) is 0 Å². The average Bonchev–Trinajstić information content (AvgIpc) is 2.68. The molecule has 0 atom stereocenters. The van der Waals surface area contributed by atoms with Crippen molar-refractivity contribution in [2.75, 3.05) is 5.73 Å². The van der Waals surface area contributed by atoms with E-state index >= 15 is 0 Å². The number of nitrogen functional groups attached to an aromatic ring is 1. The molecule has 0 bridgehead atoms. The highest BCUT2D eigenvalue weighted by molar-refractivity contribution is 6.05. The van der Waals surface area contributed by atoms with Crippen molar-refractivity contribution in [2.24, 2.45) is 0 Å². The molecule has 2 aromatic heterocycles. The number of nitrogens with zero attached hydrogens (tertiary/aromatic N) is 2. The molecule has 3 aromatic rings. The van der Waals surface area contributed by atoms with E-state index in [0.29, 0.717) is 22.5 Å². The lowest BCUT2D eigenvalue weighted by Crippen LogP contribution is -1.90. The Labute approximate surface area is 90.5 Å². The Balaban J connectivity index is 2.45. The van der Waals surface area contributed by atoms with E-state index < -0.39 is 0 Å². The van der Waals surface area contributed by atoms with Gasteiger partial charge in [-0.25, -0.2) is 9.97 Å². The summed E-state index contributed by atoms with van der Waals surface area (Å²) in [6.45, 7) is -0.0197. The first-order valence-electron chi connectivity index (χ1n) is 4.82. The largest absolute Gasteiger partial charge is 0.450 e. The summed E-state index contributed by atoms with van der Waals surface area (Å²) in [7, 11) is 0. The standard InChI is InChI=1S/C11H9N3O2/c12-11-10-9(13-5-14-11)7-2-1-6(4-15)3-8(7)16-10/h1-3,5,15H,4H2,(H2,12,13,14). The van der Waals surface area contributed by atoms with Crippen LogP contribution >= 0.6 is 0 Å². The van der Waals surface area contributed by atoms with Crippen LogP contribution in [0.2, 0.25) is 0 Å². The summed E-state index contributed by atoms with van der Waals surface area (Å²) in [5.41, 5.74) is 8.34. The van der Waals surface area contributed by atoms with Crippen molar-refractivity contribution in [1.29, 1.82) is 0 Å². The van der Waals surface area contributed by atoms with Gasteiger partial charge in [-0.3, -0.25) is 0 Å². The van der Waals surface area contributed by atoms with Gasteiger partial charge in [-0.1, -0.05) is 6.07 Å². The van der Waals surface area contributed by atoms with E-state index in [1.807, 2.05) is 12.1 Å². The van der Waals surface area contributed by atoms with Crippen molar-refractivity contribution in [1.82, 2.24) is 9.97 Å². The molecule has 0 aliphatic carbocycles. The van der Waals surface area contributed by atoms with E-state index in [-0.39, 0.29) is 6.61 Å². The number of hydrogen-bond acceptors (Lipinski definition) is 5. The fraction of sp³-hybridized carbons (Fsp3) is 0.0909. The van der Waals surface area contributed by atoms with Crippen molar-refractivity contribution in [3.8, 4) is 0 Å². The van der Waals surface area contributed by atoms with Crippen LogP contribution in [0.15, 0.2) is 28.9 Å². The van der Waals surface area contributed by atoms with Gasteiger partial charge in [0.25, 0.3) is 0 Å². The van der Waals surface area contributed by atoms with Crippen LogP contribution in [-0.2, 0) is 6.61 Å². The first kappa shape index (κ1) is 9.11. The molecule has 0 saturated carbocycles. The molecule has 5 nitrogen and oxygen atoms in total. The van der Waals surface area contributed by atoms with Gasteiger partial charge < -0.3 is 15.3 Å². The van der Waals surface area contributed by atoms with Gasteiger partial charge in [0.15, 0.2) is 11.4 Å². The third-order valence-electron chi connectivity index (χ3n) is 2.53. The molecule has 0 saturated heterocycles. The van der Waals surface area contributed by atoms with Crippen LogP contribution in [0.5, 0.6) is 0 Å². The molecule has 0 unspecified atom stereocenters. The molecule has 5 heteroatoms. The average molecular weight is 215 g/mol. The van der Waals surface area contributed by atoms with Crippen molar-refractivity contribution in [2.45, 2.75) is 6.61 Å². The van der Waals surface area contributed by atoms with Gasteiger partial charge in [0.05, 0.1) is 6.61 Å². The summed E-state index contributed by atoms with van der Waals surface area (Å²) < 4.78 is 5.56. The number of rotatable bonds is 1. The minimum atomic E-state index is -0.0197. The molecule has 80 valence electrons. The number of benzene rings is 1. The number of hydrogen-bond donors (Lipinski definition) is 2. The van der Waals surface area contributed by atoms with Crippen LogP contribution in [0.3, 0.4) is 0 Å². The normalized spacial score (nSPS) is 11.3. The maximum atomic E-state index is 9.03. The predicted octanol–water partition coefficient (Wildman–Crippen LogP) is 1.45. The van der Waals surface area contributed by atoms with Crippen LogP contribution in [0.4, 0.5) is 5.82 Å². The minimum Gasteiger partial charge on any atom is -0.450 e. The monoisotopic (exact) mass is 215 g/mol. The zero-order valence-electron chi connectivity index (χ0n) is 8.34. The van der Waals surface area contributed by atoms with E-state index in [1.165, 1.54) is 6.33 Å². The van der Waals surface area contributed by atoms with E-state index in [0.717, 1.165) is 10.9 Å². The van der Waals surface area contributed by atoms with Gasteiger partial charge >= 0.3 is 0 Å². The molecule has 0 aliphatic heterocycles. The second-order valence-electron chi connectivity index (χ2n) is 3.53. The highest BCUT2D eigenvalue weighted by atomic mass is 16.3. The maximum Gasteiger partial charge on any atom is 0.195 e. The number of furan rings is 1. The number of aromatic nitrogens is 2. The van der Waals surface area contributed by atoms with Gasteiger partial charge in [0.2, 0.25) is 0 Å². The molecule has 0 aliphatic rings. The summed E-state index contributed by atoms with van der Waals surface area (Å²) in [4.78, 5) is 8.01. The second kappa shape index (κ2) is 3.18. The number of fused-ring (bicyclic) bond motifs is 3. The first-order chi connectivity index (χ1) is 7.79. The van der Waals surface area contributed by atoms with Gasteiger partial charge in [-0.05, 0) is 17.7 Å². The highest BCUT2D eigenvalue weighted by Gasteiger charge is 2.11. The lowest BCUT2D eigenvalue weighted by atomic mass is 10.1. The Morgan fingerprint density at radius 3 is 3.00 bits per heavy atom. The Bertz CT molecular complexity index is 675. The molecule has 16 heavy (non-hydrogen) atoms. The van der Waals surface area contributed by atoms with Crippen LogP contribution in [-0.4, -0.2) is 15.1 Å². The lowest BCUT2D eigenvalue weighted by Gasteiger charge is -1.93. The molecule has 1 aromatic carbocycles. The van der Waals surface area contributed by atoms with Crippen molar-refractivity contribution < 1.29 is 9.52 Å². The first-order valence-corrected chi connectivity index (χ1v) is 4.82. The molecule has 0 fully saturated rings. The fourth-order valence-electron chi connectivity index (χ4n) is 1.73. The third-order valence-corrected chi connectivity index (χ3v) is 2.53. The summed E-state index contributed by atoms with van der Waals surface area (Å²) in [5, 5.41) is 9.91. The van der Waals surface area contributed by atoms with Gasteiger partial charge in [0, 0.05) is 5.39 Å². The van der Waals surface area contributed by atoms with Gasteiger partial charge in [0.1, 0.15) is 17.4 Å². The number of anilines is 1. The molecule has 0 radical (unpaired) electrons. The molecular formula is C11H9N3O2. The SMILES string of the molecule is Nc1ncnc2c1oc1cc(CO)ccc12. The second-order valence-corrected chi connectivity index (χ2v) is 3.53. The van der Waals surface area contributed by atoms with Crippen LogP contribution in [0.25, 0.3) is 22.1 Å². The number of aliphatic hydroxyl groups is 1. The van der Waals surface area contributed by atoms with E-state index in [9.17, 15) is 0 Å². The molecule has 0 spiro atoms. The van der Waals surface area contributed by atoms with Crippen molar-refractivity contribution in [3.05, 3.63) is 30.1 Å². The number of nitrogens with two attached hydrogens (primary N) is 1. The molecule has 3 N–H and O–H groups in total. The smallest absolute Gasteiger partial charge is 0.195 e. The predicted molar refractivity (Wildman–Crippen MR) is 59.6 cm³/mol. The van der Waals surface area contributed by atoms with E-state index in [2.05, 4.69) is 9.97 Å². The van der Waals surface area contributed by atoms with Crippen molar-refractivity contribution in [3.63, 3.8) is 0 Å². The Morgan fingerprint density at radius 2 is 2.19 bits per heavy atom. The quantitative estimate of drug-likeness (QED) is 0.641. The van der Waals surface area contributed by atoms with E-state index in [1.54, 1.807) is 6.07 Å². The Hall–Kier alpha value is -2.14. The summed E-state index contributed by atoms with van der Waals surface area (Å²) in [5.74, 6) is 0.326. The van der Waals surface area contributed by atoms with Crippen LogP contribution < -0.4 is 5.73 Å². The van der Waals surface area contributed by atoms with Crippen LogP contribution in [0.1, 0.15) is 5.56 Å². The minimum absolute atomic E-state index is 0.0197. The highest BCUT2D eigenvalue weighted by Crippen LogP contribution is 2.29. The summed E-state index contributed by atoms with van der Waals surface area (Å²) in [6.07, 6.45) is 1.41. The summed E-state index contributed by atoms with van der Waals surface area (Å²) >= 11 is 0. The third kappa shape index (κ3) is 1.15.